The van der Waals surface area contributed by atoms with Crippen LogP contribution < -0.4 is 0 Å². The van der Waals surface area contributed by atoms with Crippen molar-refractivity contribution < 1.29 is 9.21 Å². The highest BCUT2D eigenvalue weighted by atomic mass is 16.3. The summed E-state index contributed by atoms with van der Waals surface area (Å²) in [7, 11) is 0. The van der Waals surface area contributed by atoms with E-state index in [4.69, 9.17) is 9.40 Å². The van der Waals surface area contributed by atoms with Gasteiger partial charge in [-0.15, -0.1) is 0 Å². The zero-order valence-corrected chi connectivity index (χ0v) is 13.0. The van der Waals surface area contributed by atoms with Crippen LogP contribution in [0.4, 0.5) is 0 Å². The van der Waals surface area contributed by atoms with Crippen LogP contribution >= 0.6 is 0 Å². The molecule has 0 aromatic carbocycles. The summed E-state index contributed by atoms with van der Waals surface area (Å²) in [4.78, 5) is 23.5. The number of fused-ring (bicyclic) bond motifs is 1. The van der Waals surface area contributed by atoms with Gasteiger partial charge in [-0.2, -0.15) is 0 Å². The topological polar surface area (TPSA) is 64.2 Å². The lowest BCUT2D eigenvalue weighted by Crippen LogP contribution is -2.28. The van der Waals surface area contributed by atoms with Gasteiger partial charge < -0.3 is 13.9 Å². The van der Waals surface area contributed by atoms with Gasteiger partial charge in [0.2, 0.25) is 0 Å². The molecule has 6 nitrogen and oxygen atoms in total. The highest BCUT2D eigenvalue weighted by Gasteiger charge is 2.31. The van der Waals surface area contributed by atoms with E-state index in [9.17, 15) is 4.79 Å². The zero-order valence-electron chi connectivity index (χ0n) is 13.0. The molecular weight excluding hydrogens is 292 g/mol. The summed E-state index contributed by atoms with van der Waals surface area (Å²) in [6.45, 7) is 4.36. The van der Waals surface area contributed by atoms with Crippen LogP contribution in [-0.2, 0) is 6.54 Å². The van der Waals surface area contributed by atoms with E-state index in [1.54, 1.807) is 12.3 Å². The van der Waals surface area contributed by atoms with Crippen LogP contribution in [-0.4, -0.2) is 38.4 Å². The molecule has 3 aromatic heterocycles. The van der Waals surface area contributed by atoms with Crippen LogP contribution in [0, 0.1) is 0 Å². The number of aryl methyl sites for hydroxylation is 1. The molecule has 1 atom stereocenters. The molecule has 0 saturated carbocycles. The Hall–Kier alpha value is -2.63. The number of amides is 1. The van der Waals surface area contributed by atoms with Crippen molar-refractivity contribution in [2.45, 2.75) is 25.8 Å². The SMILES string of the molecule is CCn1c([C@H]2CCN(C(=O)c3ccoc3)C2)nc2cccnc21. The second kappa shape index (κ2) is 5.53. The third-order valence-electron chi connectivity index (χ3n) is 4.46. The van der Waals surface area contributed by atoms with Crippen molar-refractivity contribution in [1.82, 2.24) is 19.4 Å². The van der Waals surface area contributed by atoms with Crippen molar-refractivity contribution in [2.24, 2.45) is 0 Å². The first-order valence-corrected chi connectivity index (χ1v) is 7.90. The van der Waals surface area contributed by atoms with E-state index in [-0.39, 0.29) is 11.8 Å². The van der Waals surface area contributed by atoms with Crippen LogP contribution in [0.5, 0.6) is 0 Å². The lowest BCUT2D eigenvalue weighted by Gasteiger charge is -2.16. The summed E-state index contributed by atoms with van der Waals surface area (Å²) >= 11 is 0. The highest BCUT2D eigenvalue weighted by molar-refractivity contribution is 5.94. The molecule has 3 aromatic rings. The van der Waals surface area contributed by atoms with E-state index in [2.05, 4.69) is 16.5 Å². The summed E-state index contributed by atoms with van der Waals surface area (Å²) < 4.78 is 7.17. The molecule has 0 unspecified atom stereocenters. The molecule has 23 heavy (non-hydrogen) atoms. The third kappa shape index (κ3) is 2.30. The molecule has 0 N–H and O–H groups in total. The molecule has 0 aliphatic carbocycles. The van der Waals surface area contributed by atoms with Crippen molar-refractivity contribution in [3.8, 4) is 0 Å². The van der Waals surface area contributed by atoms with E-state index in [0.29, 0.717) is 12.1 Å². The molecular formula is C17H18N4O2. The Bertz CT molecular complexity index is 838. The molecule has 1 saturated heterocycles. The highest BCUT2D eigenvalue weighted by Crippen LogP contribution is 2.29. The minimum atomic E-state index is 0.0264. The minimum absolute atomic E-state index is 0.0264. The zero-order chi connectivity index (χ0) is 15.8. The van der Waals surface area contributed by atoms with Gasteiger partial charge >= 0.3 is 0 Å². The van der Waals surface area contributed by atoms with Crippen LogP contribution in [0.15, 0.2) is 41.3 Å². The first-order valence-electron chi connectivity index (χ1n) is 7.90. The molecule has 1 fully saturated rings. The Morgan fingerprint density at radius 3 is 3.13 bits per heavy atom. The number of nitrogens with zero attached hydrogens (tertiary/aromatic N) is 4. The van der Waals surface area contributed by atoms with Gasteiger partial charge in [0, 0.05) is 31.7 Å². The monoisotopic (exact) mass is 310 g/mol. The second-order valence-electron chi connectivity index (χ2n) is 5.81. The maximum atomic E-state index is 12.4. The number of likely N-dealkylation sites (tertiary alicyclic amines) is 1. The molecule has 0 spiro atoms. The Balaban J connectivity index is 1.61. The summed E-state index contributed by atoms with van der Waals surface area (Å²) in [6, 6.07) is 5.60. The van der Waals surface area contributed by atoms with Crippen LogP contribution in [0.3, 0.4) is 0 Å². The number of pyridine rings is 1. The van der Waals surface area contributed by atoms with Gasteiger partial charge in [0.1, 0.15) is 17.6 Å². The number of hydrogen-bond donors (Lipinski definition) is 0. The Labute approximate surface area is 133 Å². The molecule has 1 aliphatic rings. The number of aromatic nitrogens is 3. The van der Waals surface area contributed by atoms with E-state index in [0.717, 1.165) is 36.5 Å². The van der Waals surface area contributed by atoms with Crippen LogP contribution in [0.1, 0.15) is 35.4 Å². The predicted octanol–water partition coefficient (Wildman–Crippen LogP) is 2.67. The fourth-order valence-corrected chi connectivity index (χ4v) is 3.32. The fourth-order valence-electron chi connectivity index (χ4n) is 3.32. The largest absolute Gasteiger partial charge is 0.472 e. The number of hydrogen-bond acceptors (Lipinski definition) is 4. The standard InChI is InChI=1S/C17H18N4O2/c1-2-21-15(19-14-4-3-7-18-16(14)21)12-5-8-20(10-12)17(22)13-6-9-23-11-13/h3-4,6-7,9,11-12H,2,5,8,10H2,1H3/t12-/m0/s1. The maximum absolute atomic E-state index is 12.4. The van der Waals surface area contributed by atoms with Crippen molar-refractivity contribution in [1.29, 1.82) is 0 Å². The first-order chi connectivity index (χ1) is 11.3. The molecule has 1 aliphatic heterocycles. The number of rotatable bonds is 3. The molecule has 0 bridgehead atoms. The van der Waals surface area contributed by atoms with Gasteiger partial charge in [0.05, 0.1) is 11.8 Å². The smallest absolute Gasteiger partial charge is 0.257 e. The van der Waals surface area contributed by atoms with Crippen LogP contribution in [0.2, 0.25) is 0 Å². The van der Waals surface area contributed by atoms with E-state index < -0.39 is 0 Å². The van der Waals surface area contributed by atoms with Crippen molar-refractivity contribution in [3.05, 3.63) is 48.3 Å². The summed E-state index contributed by atoms with van der Waals surface area (Å²) in [6.07, 6.45) is 5.75. The molecule has 6 heteroatoms. The van der Waals surface area contributed by atoms with Crippen molar-refractivity contribution in [2.75, 3.05) is 13.1 Å². The van der Waals surface area contributed by atoms with E-state index in [1.165, 1.54) is 12.5 Å². The third-order valence-corrected chi connectivity index (χ3v) is 4.46. The Kier molecular flexibility index (Phi) is 3.37. The van der Waals surface area contributed by atoms with Gasteiger partial charge in [-0.3, -0.25) is 4.79 Å². The van der Waals surface area contributed by atoms with E-state index in [1.807, 2.05) is 17.0 Å². The Morgan fingerprint density at radius 1 is 1.43 bits per heavy atom. The summed E-state index contributed by atoms with van der Waals surface area (Å²) in [5, 5.41) is 0. The quantitative estimate of drug-likeness (QED) is 0.746. The number of carbonyl (C=O) groups is 1. The summed E-state index contributed by atoms with van der Waals surface area (Å²) in [5.74, 6) is 1.31. The normalized spacial score (nSPS) is 18.0. The Morgan fingerprint density at radius 2 is 2.35 bits per heavy atom. The van der Waals surface area contributed by atoms with Gasteiger partial charge in [-0.05, 0) is 31.5 Å². The molecule has 118 valence electrons. The number of imidazole rings is 1. The minimum Gasteiger partial charge on any atom is -0.472 e. The molecule has 4 heterocycles. The average Bonchev–Trinajstić information content (AvgIpc) is 3.31. The summed E-state index contributed by atoms with van der Waals surface area (Å²) in [5.41, 5.74) is 2.45. The predicted molar refractivity (Wildman–Crippen MR) is 85.2 cm³/mol. The average molecular weight is 310 g/mol. The van der Waals surface area contributed by atoms with Crippen LogP contribution in [0.25, 0.3) is 11.2 Å². The van der Waals surface area contributed by atoms with Gasteiger partial charge in [-0.1, -0.05) is 0 Å². The number of furan rings is 1. The van der Waals surface area contributed by atoms with Gasteiger partial charge in [-0.25, -0.2) is 9.97 Å². The molecule has 0 radical (unpaired) electrons. The van der Waals surface area contributed by atoms with Gasteiger partial charge in [0.15, 0.2) is 5.65 Å². The lowest BCUT2D eigenvalue weighted by atomic mass is 10.1. The molecule has 4 rings (SSSR count). The van der Waals surface area contributed by atoms with Crippen molar-refractivity contribution >= 4 is 17.1 Å². The number of carbonyl (C=O) groups excluding carboxylic acids is 1. The van der Waals surface area contributed by atoms with Crippen molar-refractivity contribution in [3.63, 3.8) is 0 Å². The fraction of sp³-hybridized carbons (Fsp3) is 0.353. The lowest BCUT2D eigenvalue weighted by molar-refractivity contribution is 0.0789. The first kappa shape index (κ1) is 14.0. The van der Waals surface area contributed by atoms with Gasteiger partial charge in [0.25, 0.3) is 5.91 Å². The maximum Gasteiger partial charge on any atom is 0.257 e. The molecule has 1 amide bonds. The second-order valence-corrected chi connectivity index (χ2v) is 5.81. The van der Waals surface area contributed by atoms with E-state index >= 15 is 0 Å².